The Morgan fingerprint density at radius 2 is 1.90 bits per heavy atom. The largest absolute Gasteiger partial charge is 0.477 e. The predicted molar refractivity (Wildman–Crippen MR) is 142 cm³/mol. The van der Waals surface area contributed by atoms with Gasteiger partial charge in [-0.3, -0.25) is 10.2 Å². The maximum absolute atomic E-state index is 14.9. The quantitative estimate of drug-likeness (QED) is 0.455. The number of likely N-dealkylation sites (tertiary alicyclic amines) is 1. The number of hydrogen-bond donors (Lipinski definition) is 2. The highest BCUT2D eigenvalue weighted by Crippen LogP contribution is 2.24. The lowest BCUT2D eigenvalue weighted by Crippen LogP contribution is -2.55. The fourth-order valence-corrected chi connectivity index (χ4v) is 4.69. The molecule has 2 fully saturated rings. The Kier molecular flexibility index (Phi) is 10.3. The number of amides is 3. The average molecular weight is 582 g/mol. The van der Waals surface area contributed by atoms with Crippen molar-refractivity contribution in [3.63, 3.8) is 0 Å². The van der Waals surface area contributed by atoms with E-state index in [1.807, 2.05) is 6.92 Å². The SMILES string of the molecule is CCOc1cnc(NC(=O)N(C)[C@H]2CN(c3nccc(OC(=O)NC4CCN(CC(F)F)CC4)n3)CC[C@H]2F)cn1. The van der Waals surface area contributed by atoms with E-state index in [1.165, 1.54) is 36.6 Å². The third-order valence-electron chi connectivity index (χ3n) is 6.88. The Hall–Kier alpha value is -3.95. The van der Waals surface area contributed by atoms with Crippen LogP contribution in [0.4, 0.5) is 34.5 Å². The van der Waals surface area contributed by atoms with Crippen LogP contribution < -0.4 is 25.0 Å². The van der Waals surface area contributed by atoms with E-state index in [0.29, 0.717) is 45.0 Å². The Morgan fingerprint density at radius 3 is 2.59 bits per heavy atom. The van der Waals surface area contributed by atoms with Gasteiger partial charge >= 0.3 is 12.1 Å². The number of carbonyl (C=O) groups excluding carboxylic acids is 2. The zero-order valence-electron chi connectivity index (χ0n) is 22.9. The van der Waals surface area contributed by atoms with Gasteiger partial charge in [-0.05, 0) is 26.2 Å². The molecule has 0 spiro atoms. The van der Waals surface area contributed by atoms with Crippen molar-refractivity contribution >= 4 is 23.9 Å². The molecule has 0 saturated carbocycles. The van der Waals surface area contributed by atoms with E-state index >= 15 is 0 Å². The van der Waals surface area contributed by atoms with Crippen LogP contribution in [-0.2, 0) is 0 Å². The number of hydrogen-bond acceptors (Lipinski definition) is 10. The molecule has 3 amide bonds. The Balaban J connectivity index is 1.30. The molecule has 2 aliphatic heterocycles. The molecular weight excluding hydrogens is 547 g/mol. The minimum atomic E-state index is -2.39. The van der Waals surface area contributed by atoms with Gasteiger partial charge in [-0.1, -0.05) is 0 Å². The van der Waals surface area contributed by atoms with Gasteiger partial charge < -0.3 is 24.6 Å². The number of carbonyl (C=O) groups is 2. The van der Waals surface area contributed by atoms with E-state index in [0.717, 1.165) is 0 Å². The Morgan fingerprint density at radius 1 is 1.12 bits per heavy atom. The van der Waals surface area contributed by atoms with E-state index in [4.69, 9.17) is 9.47 Å². The van der Waals surface area contributed by atoms with Crippen LogP contribution in [0.25, 0.3) is 0 Å². The summed E-state index contributed by atoms with van der Waals surface area (Å²) in [5, 5.41) is 5.34. The second-order valence-electron chi connectivity index (χ2n) is 9.73. The standard InChI is InChI=1S/C25H34F3N9O4/c1-3-40-22-13-30-20(12-31-22)33-24(38)35(2)18-14-37(11-7-17(18)26)23-29-8-4-21(34-23)41-25(39)32-16-5-9-36(10-6-16)15-19(27)28/h4,8,12-13,16-19H,3,5-7,9-11,14-15H2,1-2H3,(H,32,39)(H,30,33,38)/t17-,18+/m1/s1. The molecule has 0 radical (unpaired) electrons. The summed E-state index contributed by atoms with van der Waals surface area (Å²) >= 11 is 0. The van der Waals surface area contributed by atoms with Crippen LogP contribution in [0.2, 0.25) is 0 Å². The minimum Gasteiger partial charge on any atom is -0.477 e. The first kappa shape index (κ1) is 30.0. The number of urea groups is 1. The number of alkyl halides is 3. The van der Waals surface area contributed by atoms with Gasteiger partial charge in [-0.25, -0.2) is 37.7 Å². The fraction of sp³-hybridized carbons (Fsp3) is 0.600. The van der Waals surface area contributed by atoms with Crippen LogP contribution in [-0.4, -0.2) is 113 Å². The highest BCUT2D eigenvalue weighted by atomic mass is 19.3. The van der Waals surface area contributed by atoms with Gasteiger partial charge in [0.1, 0.15) is 6.17 Å². The lowest BCUT2D eigenvalue weighted by molar-refractivity contribution is 0.0729. The number of nitrogens with zero attached hydrogens (tertiary/aromatic N) is 7. The third kappa shape index (κ3) is 8.52. The smallest absolute Gasteiger partial charge is 0.414 e. The first-order valence-corrected chi connectivity index (χ1v) is 13.4. The van der Waals surface area contributed by atoms with Crippen molar-refractivity contribution < 1.29 is 32.2 Å². The molecule has 224 valence electrons. The summed E-state index contributed by atoms with van der Waals surface area (Å²) in [5.41, 5.74) is 0. The van der Waals surface area contributed by atoms with Crippen LogP contribution in [0, 0.1) is 0 Å². The van der Waals surface area contributed by atoms with Crippen molar-refractivity contribution in [1.82, 2.24) is 35.1 Å². The number of likely N-dealkylation sites (N-methyl/N-ethyl adjacent to an activating group) is 1. The lowest BCUT2D eigenvalue weighted by Gasteiger charge is -2.39. The van der Waals surface area contributed by atoms with Crippen molar-refractivity contribution in [3.05, 3.63) is 24.7 Å². The number of aromatic nitrogens is 4. The van der Waals surface area contributed by atoms with Crippen LogP contribution in [0.5, 0.6) is 11.8 Å². The molecule has 0 bridgehead atoms. The third-order valence-corrected chi connectivity index (χ3v) is 6.88. The second-order valence-corrected chi connectivity index (χ2v) is 9.73. The van der Waals surface area contributed by atoms with E-state index < -0.39 is 30.8 Å². The number of ether oxygens (including phenoxy) is 2. The number of piperidine rings is 2. The first-order chi connectivity index (χ1) is 19.7. The Labute approximate surface area is 235 Å². The van der Waals surface area contributed by atoms with Gasteiger partial charge in [0.25, 0.3) is 6.43 Å². The molecular formula is C25H34F3N9O4. The Bertz CT molecular complexity index is 1160. The van der Waals surface area contributed by atoms with E-state index in [-0.39, 0.29) is 43.2 Å². The highest BCUT2D eigenvalue weighted by Gasteiger charge is 2.35. The number of halogens is 3. The van der Waals surface area contributed by atoms with E-state index in [9.17, 15) is 22.8 Å². The first-order valence-electron chi connectivity index (χ1n) is 13.4. The van der Waals surface area contributed by atoms with Crippen LogP contribution >= 0.6 is 0 Å². The lowest BCUT2D eigenvalue weighted by atomic mass is 10.0. The summed E-state index contributed by atoms with van der Waals surface area (Å²) in [4.78, 5) is 46.5. The molecule has 2 aromatic heterocycles. The van der Waals surface area contributed by atoms with E-state index in [2.05, 4.69) is 30.6 Å². The van der Waals surface area contributed by atoms with Crippen molar-refractivity contribution in [2.75, 3.05) is 56.6 Å². The molecule has 4 rings (SSSR count). The molecule has 2 aromatic rings. The molecule has 0 aromatic carbocycles. The van der Waals surface area contributed by atoms with Crippen molar-refractivity contribution in [2.45, 2.75) is 50.9 Å². The molecule has 13 nitrogen and oxygen atoms in total. The maximum Gasteiger partial charge on any atom is 0.414 e. The van der Waals surface area contributed by atoms with Gasteiger partial charge in [0, 0.05) is 51.5 Å². The summed E-state index contributed by atoms with van der Waals surface area (Å²) in [7, 11) is 1.49. The van der Waals surface area contributed by atoms with Gasteiger partial charge in [0.15, 0.2) is 5.82 Å². The van der Waals surface area contributed by atoms with Crippen molar-refractivity contribution in [1.29, 1.82) is 0 Å². The highest BCUT2D eigenvalue weighted by molar-refractivity contribution is 5.88. The summed E-state index contributed by atoms with van der Waals surface area (Å²) in [6.45, 7) is 3.28. The van der Waals surface area contributed by atoms with E-state index in [1.54, 1.807) is 9.80 Å². The van der Waals surface area contributed by atoms with Crippen molar-refractivity contribution in [2.24, 2.45) is 0 Å². The van der Waals surface area contributed by atoms with Crippen molar-refractivity contribution in [3.8, 4) is 11.8 Å². The number of anilines is 2. The van der Waals surface area contributed by atoms with Crippen LogP contribution in [0.1, 0.15) is 26.2 Å². The summed E-state index contributed by atoms with van der Waals surface area (Å²) in [6, 6.07) is -0.151. The fourth-order valence-electron chi connectivity index (χ4n) is 4.69. The molecule has 41 heavy (non-hydrogen) atoms. The summed E-state index contributed by atoms with van der Waals surface area (Å²) in [6.07, 6.45) is 0.954. The predicted octanol–water partition coefficient (Wildman–Crippen LogP) is 2.56. The molecule has 16 heteroatoms. The summed E-state index contributed by atoms with van der Waals surface area (Å²) < 4.78 is 50.6. The van der Waals surface area contributed by atoms with Crippen LogP contribution in [0.15, 0.2) is 24.7 Å². The molecule has 2 atom stereocenters. The normalized spacial score (nSPS) is 20.0. The monoisotopic (exact) mass is 581 g/mol. The maximum atomic E-state index is 14.9. The minimum absolute atomic E-state index is 0.00160. The topological polar surface area (TPSA) is 138 Å². The molecule has 0 unspecified atom stereocenters. The molecule has 4 heterocycles. The average Bonchev–Trinajstić information content (AvgIpc) is 2.95. The molecule has 2 N–H and O–H groups in total. The molecule has 2 aliphatic rings. The summed E-state index contributed by atoms with van der Waals surface area (Å²) in [5.74, 6) is 0.737. The zero-order chi connectivity index (χ0) is 29.4. The number of nitrogens with one attached hydrogen (secondary N) is 2. The second kappa shape index (κ2) is 14.1. The molecule has 0 aliphatic carbocycles. The van der Waals surface area contributed by atoms with Crippen LogP contribution in [0.3, 0.4) is 0 Å². The van der Waals surface area contributed by atoms with Gasteiger partial charge in [-0.15, -0.1) is 0 Å². The van der Waals surface area contributed by atoms with Gasteiger partial charge in [-0.2, -0.15) is 4.98 Å². The van der Waals surface area contributed by atoms with Gasteiger partial charge in [0.2, 0.25) is 17.7 Å². The number of rotatable bonds is 9. The molecule has 2 saturated heterocycles. The zero-order valence-corrected chi connectivity index (χ0v) is 22.9. The van der Waals surface area contributed by atoms with Gasteiger partial charge in [0.05, 0.1) is 31.6 Å².